The number of benzene rings is 1. The number of anilines is 2. The van der Waals surface area contributed by atoms with Crippen LogP contribution in [0.2, 0.25) is 10.0 Å². The molecular formula is C25H21Cl2N7O5. The summed E-state index contributed by atoms with van der Waals surface area (Å²) in [4.78, 5) is 34.3. The fraction of sp³-hybridized carbons (Fsp3) is 0.160. The third-order valence-corrected chi connectivity index (χ3v) is 6.19. The van der Waals surface area contributed by atoms with Crippen LogP contribution in [-0.2, 0) is 6.54 Å². The Morgan fingerprint density at radius 2 is 1.90 bits per heavy atom. The molecule has 1 aromatic heterocycles. The van der Waals surface area contributed by atoms with Crippen LogP contribution in [-0.4, -0.2) is 47.6 Å². The van der Waals surface area contributed by atoms with E-state index in [-0.39, 0.29) is 57.7 Å². The molecule has 0 aliphatic carbocycles. The molecule has 4 rings (SSSR count). The molecule has 200 valence electrons. The Morgan fingerprint density at radius 3 is 2.54 bits per heavy atom. The summed E-state index contributed by atoms with van der Waals surface area (Å²) in [7, 11) is 2.84. The first-order valence-electron chi connectivity index (χ1n) is 11.2. The van der Waals surface area contributed by atoms with Crippen molar-refractivity contribution < 1.29 is 19.2 Å². The van der Waals surface area contributed by atoms with E-state index < -0.39 is 11.0 Å². The number of aromatic nitrogens is 1. The van der Waals surface area contributed by atoms with Crippen molar-refractivity contribution in [2.24, 2.45) is 4.99 Å². The molecule has 0 fully saturated rings. The molecule has 0 radical (unpaired) electrons. The van der Waals surface area contributed by atoms with E-state index >= 15 is 0 Å². The van der Waals surface area contributed by atoms with Crippen LogP contribution in [0.4, 0.5) is 21.9 Å². The van der Waals surface area contributed by atoms with Crippen LogP contribution in [0, 0.1) is 22.2 Å². The van der Waals surface area contributed by atoms with Crippen molar-refractivity contribution >= 4 is 52.1 Å². The Labute approximate surface area is 233 Å². The Balaban J connectivity index is 1.68. The first-order chi connectivity index (χ1) is 18.8. The predicted octanol–water partition coefficient (Wildman–Crippen LogP) is 4.86. The Bertz CT molecular complexity index is 1420. The number of nitrogens with one attached hydrogen (secondary N) is 3. The Morgan fingerprint density at radius 1 is 1.21 bits per heavy atom. The van der Waals surface area contributed by atoms with Gasteiger partial charge in [0.05, 0.1) is 31.4 Å². The highest BCUT2D eigenvalue weighted by atomic mass is 35.5. The largest absolute Gasteiger partial charge is 0.495 e. The van der Waals surface area contributed by atoms with Gasteiger partial charge in [-0.25, -0.2) is 9.79 Å². The summed E-state index contributed by atoms with van der Waals surface area (Å²) in [5.74, 6) is 1.09. The summed E-state index contributed by atoms with van der Waals surface area (Å²) in [6.07, 6.45) is 4.73. The highest BCUT2D eigenvalue weighted by Crippen LogP contribution is 2.44. The number of rotatable bonds is 8. The quantitative estimate of drug-likeness (QED) is 0.257. The van der Waals surface area contributed by atoms with Crippen molar-refractivity contribution in [3.05, 3.63) is 92.5 Å². The predicted molar refractivity (Wildman–Crippen MR) is 146 cm³/mol. The maximum atomic E-state index is 13.7. The number of amides is 2. The molecule has 0 atom stereocenters. The third kappa shape index (κ3) is 6.23. The van der Waals surface area contributed by atoms with E-state index in [1.807, 2.05) is 0 Å². The second kappa shape index (κ2) is 12.2. The van der Waals surface area contributed by atoms with Crippen molar-refractivity contribution in [1.82, 2.24) is 15.2 Å². The van der Waals surface area contributed by atoms with Crippen molar-refractivity contribution in [2.75, 3.05) is 31.5 Å². The average Bonchev–Trinajstić information content (AvgIpc) is 2.95. The number of methoxy groups -OCH3 is 2. The average molecular weight is 570 g/mol. The molecular weight excluding hydrogens is 549 g/mol. The zero-order valence-electron chi connectivity index (χ0n) is 20.6. The first-order valence-corrected chi connectivity index (χ1v) is 12.0. The summed E-state index contributed by atoms with van der Waals surface area (Å²) >= 11 is 12.9. The molecule has 2 amide bonds. The smallest absolute Gasteiger partial charge is 0.327 e. The number of amidine groups is 1. The maximum absolute atomic E-state index is 13.7. The van der Waals surface area contributed by atoms with Crippen LogP contribution in [0.5, 0.6) is 11.5 Å². The highest BCUT2D eigenvalue weighted by molar-refractivity contribution is 6.41. The monoisotopic (exact) mass is 569 g/mol. The van der Waals surface area contributed by atoms with Gasteiger partial charge in [-0.3, -0.25) is 20.0 Å². The van der Waals surface area contributed by atoms with Gasteiger partial charge < -0.3 is 25.4 Å². The molecule has 39 heavy (non-hydrogen) atoms. The number of ether oxygens (including phenoxy) is 2. The van der Waals surface area contributed by atoms with Crippen LogP contribution >= 0.6 is 23.2 Å². The second-order valence-corrected chi connectivity index (χ2v) is 8.57. The van der Waals surface area contributed by atoms with Crippen LogP contribution in [0.1, 0.15) is 5.56 Å². The van der Waals surface area contributed by atoms with E-state index in [9.17, 15) is 14.9 Å². The lowest BCUT2D eigenvalue weighted by molar-refractivity contribution is -0.383. The van der Waals surface area contributed by atoms with Gasteiger partial charge in [-0.2, -0.15) is 0 Å². The van der Waals surface area contributed by atoms with Gasteiger partial charge in [-0.15, -0.1) is 0 Å². The van der Waals surface area contributed by atoms with E-state index in [2.05, 4.69) is 38.1 Å². The molecule has 2 heterocycles. The number of hydrogen-bond donors (Lipinski definition) is 3. The number of nitrogens with zero attached hydrogens (tertiary/aromatic N) is 4. The van der Waals surface area contributed by atoms with Gasteiger partial charge >= 0.3 is 11.7 Å². The van der Waals surface area contributed by atoms with Gasteiger partial charge in [0.15, 0.2) is 5.69 Å². The van der Waals surface area contributed by atoms with Gasteiger partial charge in [0, 0.05) is 30.6 Å². The van der Waals surface area contributed by atoms with Gasteiger partial charge in [-0.1, -0.05) is 29.3 Å². The second-order valence-electron chi connectivity index (χ2n) is 7.81. The molecule has 1 aliphatic heterocycles. The highest BCUT2D eigenvalue weighted by Gasteiger charge is 2.26. The van der Waals surface area contributed by atoms with E-state index in [0.29, 0.717) is 5.82 Å². The third-order valence-electron chi connectivity index (χ3n) is 5.44. The van der Waals surface area contributed by atoms with Crippen LogP contribution in [0.3, 0.4) is 0 Å². The number of carbonyl (C=O) groups is 1. The summed E-state index contributed by atoms with van der Waals surface area (Å²) in [5.41, 5.74) is 0.741. The number of nitro groups is 1. The number of pyridine rings is 1. The van der Waals surface area contributed by atoms with Crippen LogP contribution in [0.25, 0.3) is 0 Å². The van der Waals surface area contributed by atoms with Gasteiger partial charge in [-0.05, 0) is 29.8 Å². The summed E-state index contributed by atoms with van der Waals surface area (Å²) < 4.78 is 10.6. The molecule has 12 nitrogen and oxygen atoms in total. The number of hydrogen-bond acceptors (Lipinski definition) is 9. The topological polar surface area (TPSA) is 143 Å². The molecule has 14 heteroatoms. The zero-order chi connectivity index (χ0) is 27.9. The molecule has 1 aliphatic rings. The lowest BCUT2D eigenvalue weighted by Gasteiger charge is -2.27. The minimum Gasteiger partial charge on any atom is -0.495 e. The molecule has 2 aromatic carbocycles. The van der Waals surface area contributed by atoms with Crippen LogP contribution in [0.15, 0.2) is 59.6 Å². The molecule has 0 unspecified atom stereocenters. The number of urea groups is 1. The Hall–Kier alpha value is -4.73. The molecule has 3 aromatic rings. The van der Waals surface area contributed by atoms with E-state index in [0.717, 1.165) is 5.56 Å². The minimum atomic E-state index is -0.618. The lowest BCUT2D eigenvalue weighted by Crippen LogP contribution is -2.41. The fourth-order valence-electron chi connectivity index (χ4n) is 3.54. The van der Waals surface area contributed by atoms with E-state index in [4.69, 9.17) is 32.7 Å². The van der Waals surface area contributed by atoms with Crippen LogP contribution < -0.4 is 25.4 Å². The number of halogens is 2. The zero-order valence-corrected chi connectivity index (χ0v) is 22.1. The van der Waals surface area contributed by atoms with Crippen molar-refractivity contribution in [3.8, 4) is 11.5 Å². The molecule has 0 saturated heterocycles. The first kappa shape index (κ1) is 27.3. The maximum Gasteiger partial charge on any atom is 0.327 e. The summed E-state index contributed by atoms with van der Waals surface area (Å²) in [5, 5.41) is 20.2. The molecule has 0 spiro atoms. The fourth-order valence-corrected chi connectivity index (χ4v) is 4.13. The molecule has 0 bridgehead atoms. The van der Waals surface area contributed by atoms with Gasteiger partial charge in [0.25, 0.3) is 0 Å². The van der Waals surface area contributed by atoms with E-state index in [1.54, 1.807) is 24.5 Å². The summed E-state index contributed by atoms with van der Waals surface area (Å²) in [6, 6.07) is 12.4. The van der Waals surface area contributed by atoms with Crippen molar-refractivity contribution in [3.63, 3.8) is 0 Å². The van der Waals surface area contributed by atoms with Gasteiger partial charge in [0.1, 0.15) is 39.9 Å². The minimum absolute atomic E-state index is 0.0765. The van der Waals surface area contributed by atoms with Crippen molar-refractivity contribution in [2.45, 2.75) is 6.54 Å². The lowest BCUT2D eigenvalue weighted by atomic mass is 10.2. The summed E-state index contributed by atoms with van der Waals surface area (Å²) in [6.45, 7) is 0.172. The number of aliphatic imine (C=N–C) groups is 1. The van der Waals surface area contributed by atoms with Gasteiger partial charge in [0.2, 0.25) is 0 Å². The standard InChI is InChI=1S/C25H21Cl2N7O5/c1-38-18-11-19(39-2)23(27)24(22(18)26)32-25(35)33(13-15-7-9-28-10-8-15)21-12-20(29-14-30-21)31-16-5-3-4-6-17(16)34(36)37/h4,6-12,29,31H,13-14H2,1-2H3,(H,32,35). The molecule has 3 N–H and O–H groups in total. The number of carbonyl (C=O) groups excluding carboxylic acids is 1. The van der Waals surface area contributed by atoms with Crippen molar-refractivity contribution in [1.29, 1.82) is 0 Å². The Kier molecular flexibility index (Phi) is 8.55. The van der Waals surface area contributed by atoms with E-state index in [1.165, 1.54) is 43.4 Å². The normalized spacial score (nSPS) is 12.2. The molecule has 0 saturated carbocycles. The SMILES string of the molecule is COc1cc(OC)c(Cl)c(NC(=O)N(Cc2ccncc2)C2=NCNC(Nc3c#cccc3[N+](=O)[O-])=C2)c1Cl.